The molecule has 36 heteroatoms. The molecule has 0 spiro atoms. The predicted molar refractivity (Wildman–Crippen MR) is 540 cm³/mol. The SMILES string of the molecule is CCOC(=O)N1CCc2c([nH]c3ccc(Br)cc23)C1c1ccc([N+](=O)[O-])cc1.COC(=O)N1CCc2c([nH]c3ccc(Cl)cc23)C1c1ccc(C(F)(F)F)cc1.COc1ccc(C2c3[nH]c4ccc(Cl)cc4c3CCN2C(=O)OC(C)C)cc1.COc1ccc(C2c3[nH]c4ccc(Cl)cc4c3CCN2C(=O)OCCCl)cc1.O=C(OCCCl)N1CCc2c([nH]c3ccc(Cl)cc23)C1c1ccc(Br)cc1. The molecule has 0 saturated heterocycles. The number of methoxy groups -OCH3 is 3. The van der Waals surface area contributed by atoms with Gasteiger partial charge in [0.2, 0.25) is 0 Å². The third-order valence-electron chi connectivity index (χ3n) is 25.0. The summed E-state index contributed by atoms with van der Waals surface area (Å²) in [7, 11) is 4.55. The van der Waals surface area contributed by atoms with Crippen molar-refractivity contribution in [2.45, 2.75) is 95.4 Å². The Labute approximate surface area is 844 Å². The van der Waals surface area contributed by atoms with E-state index in [2.05, 4.69) is 62.8 Å². The van der Waals surface area contributed by atoms with E-state index in [4.69, 9.17) is 103 Å². The molecule has 0 fully saturated rings. The normalized spacial score (nSPS) is 16.4. The van der Waals surface area contributed by atoms with Crippen LogP contribution in [0.2, 0.25) is 20.1 Å². The van der Waals surface area contributed by atoms with Crippen molar-refractivity contribution in [3.8, 4) is 11.5 Å². The first-order chi connectivity index (χ1) is 67.0. The van der Waals surface area contributed by atoms with E-state index in [0.29, 0.717) is 71.2 Å². The van der Waals surface area contributed by atoms with E-state index < -0.39 is 40.9 Å². The van der Waals surface area contributed by atoms with Crippen molar-refractivity contribution in [2.75, 3.05) is 85.6 Å². The van der Waals surface area contributed by atoms with Crippen LogP contribution in [0.1, 0.15) is 141 Å². The van der Waals surface area contributed by atoms with E-state index in [-0.39, 0.29) is 79.8 Å². The van der Waals surface area contributed by atoms with Crippen LogP contribution >= 0.6 is 101 Å². The molecule has 0 radical (unpaired) electrons. The Balaban J connectivity index is 0.000000125. The van der Waals surface area contributed by atoms with Gasteiger partial charge in [-0.3, -0.25) is 34.6 Å². The lowest BCUT2D eigenvalue weighted by molar-refractivity contribution is -0.384. The largest absolute Gasteiger partial charge is 0.497 e. The zero-order valence-corrected chi connectivity index (χ0v) is 83.5. The Morgan fingerprint density at radius 2 is 0.683 bits per heavy atom. The molecule has 5 aromatic heterocycles. The second-order valence-electron chi connectivity index (χ2n) is 33.5. The maximum Gasteiger partial charge on any atom is 0.416 e. The number of amides is 5. The van der Waals surface area contributed by atoms with Gasteiger partial charge < -0.3 is 58.1 Å². The first kappa shape index (κ1) is 99.7. The van der Waals surface area contributed by atoms with Gasteiger partial charge in [-0.05, 0) is 260 Å². The molecule has 139 heavy (non-hydrogen) atoms. The molecular weight excluding hydrogens is 2040 g/mol. The fraction of sp³-hybridized carbons (Fsp3) is 0.272. The average Bonchev–Trinajstić information content (AvgIpc) is 1.67. The fourth-order valence-corrected chi connectivity index (χ4v) is 20.3. The molecule has 20 rings (SSSR count). The summed E-state index contributed by atoms with van der Waals surface area (Å²) in [5.74, 6) is 2.08. The number of fused-ring (bicyclic) bond motifs is 15. The molecular formula is C103H94Br2Cl6F3N11O14. The number of aromatic nitrogens is 5. The molecule has 10 aromatic carbocycles. The van der Waals surface area contributed by atoms with Gasteiger partial charge in [0, 0.05) is 157 Å². The van der Waals surface area contributed by atoms with Crippen molar-refractivity contribution in [1.29, 1.82) is 0 Å². The number of aromatic amines is 5. The van der Waals surface area contributed by atoms with Crippen LogP contribution in [-0.4, -0.2) is 177 Å². The second kappa shape index (κ2) is 43.6. The van der Waals surface area contributed by atoms with Gasteiger partial charge in [0.25, 0.3) is 5.69 Å². The number of nitrogens with zero attached hydrogens (tertiary/aromatic N) is 6. The number of nitro benzene ring substituents is 1. The summed E-state index contributed by atoms with van der Waals surface area (Å²) in [5, 5.41) is 19.1. The van der Waals surface area contributed by atoms with E-state index in [1.807, 2.05) is 166 Å². The third kappa shape index (κ3) is 21.6. The summed E-state index contributed by atoms with van der Waals surface area (Å²) in [6.45, 7) is 8.73. The van der Waals surface area contributed by atoms with Crippen LogP contribution in [-0.2, 0) is 62.0 Å². The molecule has 5 aliphatic heterocycles. The van der Waals surface area contributed by atoms with Gasteiger partial charge in [0.15, 0.2) is 0 Å². The van der Waals surface area contributed by atoms with E-state index in [0.717, 1.165) is 168 Å². The van der Waals surface area contributed by atoms with E-state index in [1.165, 1.54) is 53.0 Å². The summed E-state index contributed by atoms with van der Waals surface area (Å²) in [6.07, 6.45) is -3.07. The highest BCUT2D eigenvalue weighted by molar-refractivity contribution is 9.10. The van der Waals surface area contributed by atoms with Crippen LogP contribution in [0.5, 0.6) is 11.5 Å². The van der Waals surface area contributed by atoms with Gasteiger partial charge >= 0.3 is 36.6 Å². The van der Waals surface area contributed by atoms with Crippen molar-refractivity contribution in [3.63, 3.8) is 0 Å². The highest BCUT2D eigenvalue weighted by Gasteiger charge is 2.43. The van der Waals surface area contributed by atoms with Crippen molar-refractivity contribution in [2.24, 2.45) is 0 Å². The first-order valence-corrected chi connectivity index (χ1v) is 48.8. The lowest BCUT2D eigenvalue weighted by Gasteiger charge is -2.35. The highest BCUT2D eigenvalue weighted by Crippen LogP contribution is 2.48. The number of hydrogen-bond acceptors (Lipinski definition) is 14. The summed E-state index contributed by atoms with van der Waals surface area (Å²) >= 11 is 43.2. The number of alkyl halides is 5. The molecule has 15 aromatic rings. The van der Waals surface area contributed by atoms with Gasteiger partial charge in [0.1, 0.15) is 54.9 Å². The van der Waals surface area contributed by atoms with Gasteiger partial charge in [-0.1, -0.05) is 127 Å². The van der Waals surface area contributed by atoms with Crippen molar-refractivity contribution in [1.82, 2.24) is 49.4 Å². The number of benzene rings is 10. The first-order valence-electron chi connectivity index (χ1n) is 44.7. The predicted octanol–water partition coefficient (Wildman–Crippen LogP) is 26.9. The van der Waals surface area contributed by atoms with Crippen LogP contribution < -0.4 is 9.47 Å². The van der Waals surface area contributed by atoms with Crippen molar-refractivity contribution in [3.05, 3.63) is 341 Å². The number of nitro groups is 1. The monoisotopic (exact) mass is 2130 g/mol. The molecule has 10 heterocycles. The Bertz CT molecular complexity index is 6970. The number of hydrogen-bond donors (Lipinski definition) is 5. The summed E-state index contributed by atoms with van der Waals surface area (Å²) in [4.78, 5) is 99.6. The number of halogens is 11. The highest BCUT2D eigenvalue weighted by atomic mass is 79.9. The lowest BCUT2D eigenvalue weighted by Crippen LogP contribution is -2.41. The average molecular weight is 2140 g/mol. The number of nitrogens with one attached hydrogen (secondary N) is 5. The quantitative estimate of drug-likeness (QED) is 0.0293. The molecule has 0 aliphatic carbocycles. The number of H-pyrrole nitrogens is 5. The fourth-order valence-electron chi connectivity index (χ4n) is 18.9. The lowest BCUT2D eigenvalue weighted by atomic mass is 9.92. The molecule has 0 saturated carbocycles. The molecule has 0 bridgehead atoms. The Morgan fingerprint density at radius 1 is 0.403 bits per heavy atom. The molecule has 5 N–H and O–H groups in total. The Kier molecular flexibility index (Phi) is 31.3. The molecule has 5 aliphatic rings. The zero-order valence-electron chi connectivity index (χ0n) is 75.8. The molecule has 722 valence electrons. The number of ether oxygens (including phenoxy) is 7. The molecule has 5 unspecified atom stereocenters. The number of non-ortho nitro benzene ring substituents is 1. The van der Waals surface area contributed by atoms with Crippen LogP contribution in [0.4, 0.5) is 42.8 Å². The van der Waals surface area contributed by atoms with Gasteiger partial charge in [-0.25, -0.2) is 24.0 Å². The standard InChI is InChI=1S/C22H23ClN2O3.C21H20Cl2N2O3.C20H17BrCl2N2O2.C20H18BrN3O4.C20H16ClF3N2O2/c1-13(2)28-22(26)25-11-10-17-18-12-15(23)6-9-19(18)24-20(17)21(25)14-4-7-16(27-3)8-5-14;1-27-15-5-2-13(3-6-15)20-19-16(8-10-25(20)21(26)28-11-9-22)17-12-14(23)4-7-18(17)24-19;21-13-3-1-12(2-4-13)19-18-15(7-9-25(19)20(26)27-10-8-22)16-11-14(23)5-6-17(16)24-18;1-2-28-20(25)23-10-9-15-16-11-13(21)5-8-17(16)22-18(15)19(23)12-3-6-14(7-4-12)24(26)27;1-28-19(27)26-9-8-14-15-10-13(21)6-7-16(15)25-17(14)18(26)11-2-4-12(5-3-11)20(22,23)24/h4-9,12-13,21,24H,10-11H2,1-3H3;2-7,12,20,24H,8-11H2,1H3;1-6,11,19,24H,7-10H2;3-8,11,19,22H,2,9-10H2,1H3;2-7,10,18,25H,8-9H2,1H3. The maximum atomic E-state index is 12.9. The molecule has 5 atom stereocenters. The number of carbonyl (C=O) groups is 5. The minimum atomic E-state index is -4.42. The van der Waals surface area contributed by atoms with Crippen LogP contribution in [0.25, 0.3) is 54.5 Å². The van der Waals surface area contributed by atoms with E-state index in [9.17, 15) is 47.3 Å². The van der Waals surface area contributed by atoms with Gasteiger partial charge in [0.05, 0.1) is 56.3 Å². The van der Waals surface area contributed by atoms with E-state index in [1.54, 1.807) is 58.9 Å². The Hall–Kier alpha value is -12.3. The third-order valence-corrected chi connectivity index (χ3v) is 27.3. The van der Waals surface area contributed by atoms with Gasteiger partial charge in [-0.2, -0.15) is 13.2 Å². The summed E-state index contributed by atoms with van der Waals surface area (Å²) in [5.41, 5.74) is 18.9. The summed E-state index contributed by atoms with van der Waals surface area (Å²) < 4.78 is 77.7. The number of carbonyl (C=O) groups excluding carboxylic acids is 5. The van der Waals surface area contributed by atoms with Crippen LogP contribution in [0.15, 0.2) is 221 Å². The minimum absolute atomic E-state index is 0.0167. The van der Waals surface area contributed by atoms with Crippen molar-refractivity contribution >= 4 is 192 Å². The van der Waals surface area contributed by atoms with Crippen LogP contribution in [0, 0.1) is 10.1 Å². The second-order valence-corrected chi connectivity index (χ2v) is 37.9. The summed E-state index contributed by atoms with van der Waals surface area (Å²) in [6, 6.07) is 61.9. The van der Waals surface area contributed by atoms with E-state index >= 15 is 0 Å². The Morgan fingerprint density at radius 3 is 0.978 bits per heavy atom. The molecule has 25 nitrogen and oxygen atoms in total. The van der Waals surface area contributed by atoms with Crippen LogP contribution in [0.3, 0.4) is 0 Å². The molecule has 5 amide bonds. The van der Waals surface area contributed by atoms with Gasteiger partial charge in [-0.15, -0.1) is 23.2 Å². The zero-order chi connectivity index (χ0) is 98.4. The number of rotatable bonds is 14. The topological polar surface area (TPSA) is 288 Å². The maximum absolute atomic E-state index is 12.9. The smallest absolute Gasteiger partial charge is 0.416 e. The van der Waals surface area contributed by atoms with Crippen molar-refractivity contribution < 1.29 is 75.2 Å². The minimum Gasteiger partial charge on any atom is -0.497 e.